The third kappa shape index (κ3) is 1.21. The maximum absolute atomic E-state index is 10.1. The molecule has 4 atom stereocenters. The molecule has 5 heteroatoms. The molecule has 16 heavy (non-hydrogen) atoms. The number of aliphatic hydroxyl groups is 1. The van der Waals surface area contributed by atoms with E-state index >= 15 is 0 Å². The van der Waals surface area contributed by atoms with Crippen LogP contribution < -0.4 is 0 Å². The fourth-order valence-electron chi connectivity index (χ4n) is 3.87. The Morgan fingerprint density at radius 1 is 1.31 bits per heavy atom. The van der Waals surface area contributed by atoms with Gasteiger partial charge >= 0.3 is 0 Å². The zero-order valence-electron chi connectivity index (χ0n) is 9.06. The minimum absolute atomic E-state index is 0.202. The van der Waals surface area contributed by atoms with Crippen LogP contribution in [0.5, 0.6) is 0 Å². The minimum atomic E-state index is -0.437. The standard InChI is InChI=1S/C11H17BrO3S/c12-4-3-8-10(16)7(1-2-9(10)13)11(8)14-5-6-15-11/h7-9,13,16H,1-6H2/t7-,8?,9?,10-/m1/s1. The van der Waals surface area contributed by atoms with Crippen molar-refractivity contribution in [2.45, 2.75) is 35.9 Å². The SMILES string of the molecule is OC1CC[C@H]2C3(OCCO3)C(CCBr)[C@@]12S. The van der Waals surface area contributed by atoms with Gasteiger partial charge in [0.2, 0.25) is 0 Å². The lowest BCUT2D eigenvalue weighted by Crippen LogP contribution is -2.72. The first-order chi connectivity index (χ1) is 7.66. The number of aliphatic hydroxyl groups excluding tert-OH is 1. The summed E-state index contributed by atoms with van der Waals surface area (Å²) in [4.78, 5) is 0. The quantitative estimate of drug-likeness (QED) is 0.601. The molecule has 0 bridgehead atoms. The van der Waals surface area contributed by atoms with Crippen LogP contribution in [0.4, 0.5) is 0 Å². The van der Waals surface area contributed by atoms with Crippen molar-refractivity contribution in [3.8, 4) is 0 Å². The van der Waals surface area contributed by atoms with Crippen LogP contribution in [-0.4, -0.2) is 40.3 Å². The van der Waals surface area contributed by atoms with Crippen molar-refractivity contribution in [2.75, 3.05) is 18.5 Å². The van der Waals surface area contributed by atoms with Gasteiger partial charge in [-0.25, -0.2) is 0 Å². The molecular weight excluding hydrogens is 292 g/mol. The number of ether oxygens (including phenoxy) is 2. The number of hydrogen-bond acceptors (Lipinski definition) is 4. The topological polar surface area (TPSA) is 38.7 Å². The monoisotopic (exact) mass is 308 g/mol. The molecule has 2 aliphatic carbocycles. The van der Waals surface area contributed by atoms with Crippen molar-refractivity contribution in [2.24, 2.45) is 11.8 Å². The Kier molecular flexibility index (Phi) is 2.84. The molecule has 0 aromatic carbocycles. The third-order valence-corrected chi connectivity index (χ3v) is 5.87. The van der Waals surface area contributed by atoms with E-state index < -0.39 is 5.79 Å². The first kappa shape index (κ1) is 11.8. The molecule has 1 aliphatic heterocycles. The van der Waals surface area contributed by atoms with Crippen molar-refractivity contribution >= 4 is 28.6 Å². The predicted molar refractivity (Wildman–Crippen MR) is 67.0 cm³/mol. The molecule has 1 N–H and O–H groups in total. The number of thiol groups is 1. The first-order valence-electron chi connectivity index (χ1n) is 5.90. The Hall–Kier alpha value is 0.710. The van der Waals surface area contributed by atoms with Crippen molar-refractivity contribution in [3.63, 3.8) is 0 Å². The Labute approximate surface area is 109 Å². The van der Waals surface area contributed by atoms with E-state index in [0.29, 0.717) is 13.2 Å². The Morgan fingerprint density at radius 3 is 2.62 bits per heavy atom. The van der Waals surface area contributed by atoms with Crippen LogP contribution in [-0.2, 0) is 9.47 Å². The number of fused-ring (bicyclic) bond motifs is 2. The Morgan fingerprint density at radius 2 is 2.00 bits per heavy atom. The smallest absolute Gasteiger partial charge is 0.176 e. The van der Waals surface area contributed by atoms with E-state index in [-0.39, 0.29) is 22.7 Å². The average molecular weight is 309 g/mol. The van der Waals surface area contributed by atoms with Crippen LogP contribution >= 0.6 is 28.6 Å². The number of hydrogen-bond donors (Lipinski definition) is 2. The summed E-state index contributed by atoms with van der Waals surface area (Å²) in [5, 5.41) is 11.0. The molecule has 2 unspecified atom stereocenters. The molecule has 1 spiro atoms. The van der Waals surface area contributed by atoms with Crippen LogP contribution in [0.3, 0.4) is 0 Å². The zero-order chi connectivity index (χ0) is 11.4. The molecule has 3 nitrogen and oxygen atoms in total. The minimum Gasteiger partial charge on any atom is -0.392 e. The van der Waals surface area contributed by atoms with E-state index in [2.05, 4.69) is 15.9 Å². The van der Waals surface area contributed by atoms with Crippen molar-refractivity contribution < 1.29 is 14.6 Å². The van der Waals surface area contributed by atoms with E-state index in [9.17, 15) is 5.11 Å². The highest BCUT2D eigenvalue weighted by atomic mass is 79.9. The molecule has 92 valence electrons. The van der Waals surface area contributed by atoms with Gasteiger partial charge in [0.05, 0.1) is 24.1 Å². The number of rotatable bonds is 2. The van der Waals surface area contributed by atoms with Crippen molar-refractivity contribution in [1.82, 2.24) is 0 Å². The lowest BCUT2D eigenvalue weighted by molar-refractivity contribution is -0.307. The van der Waals surface area contributed by atoms with Gasteiger partial charge in [0.15, 0.2) is 5.79 Å². The lowest BCUT2D eigenvalue weighted by Gasteiger charge is -2.62. The number of alkyl halides is 1. The summed E-state index contributed by atoms with van der Waals surface area (Å²) < 4.78 is 11.4. The largest absolute Gasteiger partial charge is 0.392 e. The summed E-state index contributed by atoms with van der Waals surface area (Å²) in [6.45, 7) is 1.35. The van der Waals surface area contributed by atoms with Gasteiger partial charge in [-0.15, -0.1) is 0 Å². The fourth-order valence-corrected chi connectivity index (χ4v) is 5.08. The normalized spacial score (nSPS) is 49.3. The lowest BCUT2D eigenvalue weighted by atomic mass is 9.58. The second kappa shape index (κ2) is 3.85. The highest BCUT2D eigenvalue weighted by Gasteiger charge is 2.76. The molecule has 1 heterocycles. The zero-order valence-corrected chi connectivity index (χ0v) is 11.5. The second-order valence-electron chi connectivity index (χ2n) is 4.98. The third-order valence-electron chi connectivity index (χ3n) is 4.49. The van der Waals surface area contributed by atoms with Crippen LogP contribution in [0.15, 0.2) is 0 Å². The van der Waals surface area contributed by atoms with Gasteiger partial charge in [-0.05, 0) is 19.3 Å². The molecule has 0 aromatic heterocycles. The van der Waals surface area contributed by atoms with E-state index in [1.807, 2.05) is 0 Å². The maximum Gasteiger partial charge on any atom is 0.176 e. The highest BCUT2D eigenvalue weighted by Crippen LogP contribution is 2.67. The summed E-state index contributed by atoms with van der Waals surface area (Å²) in [5.41, 5.74) is 0. The summed E-state index contributed by atoms with van der Waals surface area (Å²) in [6.07, 6.45) is 2.41. The second-order valence-corrected chi connectivity index (χ2v) is 6.55. The number of halogens is 1. The van der Waals surface area contributed by atoms with Gasteiger partial charge in [0.25, 0.3) is 0 Å². The summed E-state index contributed by atoms with van der Waals surface area (Å²) in [5.74, 6) is 0.0186. The van der Waals surface area contributed by atoms with Gasteiger partial charge in [-0.2, -0.15) is 12.6 Å². The first-order valence-corrected chi connectivity index (χ1v) is 7.47. The summed E-state index contributed by atoms with van der Waals surface area (Å²) in [7, 11) is 0. The van der Waals surface area contributed by atoms with E-state index in [0.717, 1.165) is 24.6 Å². The maximum atomic E-state index is 10.1. The van der Waals surface area contributed by atoms with Gasteiger partial charge < -0.3 is 14.6 Å². The van der Waals surface area contributed by atoms with Crippen molar-refractivity contribution in [1.29, 1.82) is 0 Å². The van der Waals surface area contributed by atoms with Crippen LogP contribution in [0, 0.1) is 11.8 Å². The van der Waals surface area contributed by atoms with E-state index in [1.165, 1.54) is 0 Å². The molecular formula is C11H17BrO3S. The van der Waals surface area contributed by atoms with E-state index in [4.69, 9.17) is 22.1 Å². The van der Waals surface area contributed by atoms with Gasteiger partial charge in [-0.1, -0.05) is 15.9 Å². The van der Waals surface area contributed by atoms with Gasteiger partial charge in [-0.3, -0.25) is 0 Å². The van der Waals surface area contributed by atoms with Gasteiger partial charge in [0, 0.05) is 17.2 Å². The van der Waals surface area contributed by atoms with Gasteiger partial charge in [0.1, 0.15) is 0 Å². The average Bonchev–Trinajstić information content (AvgIpc) is 2.84. The summed E-state index contributed by atoms with van der Waals surface area (Å²) >= 11 is 8.24. The molecule has 3 rings (SSSR count). The van der Waals surface area contributed by atoms with Crippen LogP contribution in [0.1, 0.15) is 19.3 Å². The van der Waals surface area contributed by atoms with Crippen molar-refractivity contribution in [3.05, 3.63) is 0 Å². The van der Waals surface area contributed by atoms with Crippen LogP contribution in [0.2, 0.25) is 0 Å². The van der Waals surface area contributed by atoms with Crippen LogP contribution in [0.25, 0.3) is 0 Å². The molecule has 0 aromatic rings. The molecule has 1 saturated heterocycles. The molecule has 0 radical (unpaired) electrons. The summed E-state index contributed by atoms with van der Waals surface area (Å²) in [6, 6.07) is 0. The Bertz CT molecular complexity index is 295. The molecule has 3 aliphatic rings. The Balaban J connectivity index is 1.91. The fraction of sp³-hybridized carbons (Fsp3) is 1.00. The predicted octanol–water partition coefficient (Wildman–Crippen LogP) is 1.58. The molecule has 3 fully saturated rings. The molecule has 0 amide bonds. The highest BCUT2D eigenvalue weighted by molar-refractivity contribution is 9.09. The van der Waals surface area contributed by atoms with E-state index in [1.54, 1.807) is 0 Å². The molecule has 2 saturated carbocycles.